The normalized spacial score (nSPS) is 18.0. The van der Waals surface area contributed by atoms with E-state index in [1.807, 2.05) is 26.0 Å². The third kappa shape index (κ3) is 4.32. The molecule has 0 aromatic heterocycles. The number of hydrogen-bond acceptors (Lipinski definition) is 4. The molecule has 4 nitrogen and oxygen atoms in total. The van der Waals surface area contributed by atoms with Crippen LogP contribution in [0.15, 0.2) is 35.5 Å². The molecule has 130 valence electrons. The molecule has 0 unspecified atom stereocenters. The van der Waals surface area contributed by atoms with Gasteiger partial charge in [-0.1, -0.05) is 44.5 Å². The fraction of sp³-hybridized carbons (Fsp3) is 0.500. The lowest BCUT2D eigenvalue weighted by Crippen LogP contribution is -2.29. The molecule has 1 aromatic rings. The number of nitrogens with one attached hydrogen (secondary N) is 1. The number of allylic oxidation sites excluding steroid dienone is 2. The highest BCUT2D eigenvalue weighted by Gasteiger charge is 2.33. The monoisotopic (exact) mass is 329 g/mol. The number of carbonyl (C=O) groups is 2. The number of hydrogen-bond donors (Lipinski definition) is 1. The van der Waals surface area contributed by atoms with Gasteiger partial charge in [-0.25, -0.2) is 0 Å². The first-order valence-corrected chi connectivity index (χ1v) is 8.86. The van der Waals surface area contributed by atoms with Crippen LogP contribution in [0.4, 0.5) is 0 Å². The summed E-state index contributed by atoms with van der Waals surface area (Å²) in [7, 11) is 0. The summed E-state index contributed by atoms with van der Waals surface area (Å²) in [5, 5.41) is 0. The fourth-order valence-electron chi connectivity index (χ4n) is 3.11. The number of ketones is 2. The molecule has 0 spiro atoms. The van der Waals surface area contributed by atoms with E-state index in [9.17, 15) is 9.59 Å². The van der Waals surface area contributed by atoms with Crippen LogP contribution >= 0.6 is 0 Å². The van der Waals surface area contributed by atoms with Crippen molar-refractivity contribution in [2.24, 2.45) is 0 Å². The second-order valence-corrected chi connectivity index (χ2v) is 6.19. The maximum atomic E-state index is 12.6. The Morgan fingerprint density at radius 3 is 2.21 bits per heavy atom. The van der Waals surface area contributed by atoms with Crippen LogP contribution in [0, 0.1) is 0 Å². The number of Topliss-reactive ketones (excluding diaryl/α,β-unsaturated/α-hetero) is 2. The molecule has 24 heavy (non-hydrogen) atoms. The average Bonchev–Trinajstić information content (AvgIpc) is 2.59. The summed E-state index contributed by atoms with van der Waals surface area (Å²) in [5.41, 5.74) is 6.09. The van der Waals surface area contributed by atoms with E-state index >= 15 is 0 Å². The molecule has 4 heteroatoms. The summed E-state index contributed by atoms with van der Waals surface area (Å²) < 4.78 is 0. The first kappa shape index (κ1) is 18.4. The van der Waals surface area contributed by atoms with E-state index in [1.165, 1.54) is 5.56 Å². The molecule has 1 aliphatic rings. The molecular weight excluding hydrogens is 302 g/mol. The van der Waals surface area contributed by atoms with Gasteiger partial charge in [-0.15, -0.1) is 0 Å². The van der Waals surface area contributed by atoms with E-state index in [0.29, 0.717) is 37.1 Å². The predicted molar refractivity (Wildman–Crippen MR) is 94.5 cm³/mol. The van der Waals surface area contributed by atoms with E-state index in [2.05, 4.69) is 24.5 Å². The van der Waals surface area contributed by atoms with Crippen LogP contribution in [0.3, 0.4) is 0 Å². The van der Waals surface area contributed by atoms with Crippen molar-refractivity contribution in [1.29, 1.82) is 0 Å². The summed E-state index contributed by atoms with van der Waals surface area (Å²) in [5.74, 6) is -0.174. The van der Waals surface area contributed by atoms with Crippen LogP contribution in [0.25, 0.3) is 0 Å². The van der Waals surface area contributed by atoms with Crippen molar-refractivity contribution in [3.05, 3.63) is 46.7 Å². The maximum Gasteiger partial charge on any atom is 0.168 e. The Hall–Kier alpha value is -1.94. The lowest BCUT2D eigenvalue weighted by Gasteiger charge is -2.24. The van der Waals surface area contributed by atoms with Gasteiger partial charge >= 0.3 is 0 Å². The van der Waals surface area contributed by atoms with Crippen LogP contribution in [-0.4, -0.2) is 18.2 Å². The number of benzene rings is 1. The smallest absolute Gasteiger partial charge is 0.168 e. The second kappa shape index (κ2) is 8.78. The van der Waals surface area contributed by atoms with Crippen LogP contribution in [0.1, 0.15) is 63.5 Å². The number of hydroxylamine groups is 1. The topological polar surface area (TPSA) is 55.4 Å². The lowest BCUT2D eigenvalue weighted by molar-refractivity contribution is -0.124. The molecule has 0 radical (unpaired) electrons. The Kier molecular flexibility index (Phi) is 6.73. The maximum absolute atomic E-state index is 12.6. The largest absolute Gasteiger partial charge is 0.294 e. The average molecular weight is 329 g/mol. The number of aryl methyl sites for hydroxylation is 1. The highest BCUT2D eigenvalue weighted by atomic mass is 16.6. The zero-order chi connectivity index (χ0) is 17.5. The Labute approximate surface area is 144 Å². The molecular formula is C20H27NO3. The van der Waals surface area contributed by atoms with Gasteiger partial charge in [0.15, 0.2) is 11.6 Å². The lowest BCUT2D eigenvalue weighted by atomic mass is 9.79. The third-order valence-electron chi connectivity index (χ3n) is 4.42. The van der Waals surface area contributed by atoms with E-state index in [-0.39, 0.29) is 17.5 Å². The number of rotatable bonds is 7. The summed E-state index contributed by atoms with van der Waals surface area (Å²) in [4.78, 5) is 30.5. The van der Waals surface area contributed by atoms with Crippen molar-refractivity contribution in [3.63, 3.8) is 0 Å². The van der Waals surface area contributed by atoms with Crippen molar-refractivity contribution in [2.75, 3.05) is 6.61 Å². The summed E-state index contributed by atoms with van der Waals surface area (Å²) in [6.07, 6.45) is 3.24. The summed E-state index contributed by atoms with van der Waals surface area (Å²) in [6.45, 7) is 6.47. The van der Waals surface area contributed by atoms with Gasteiger partial charge < -0.3 is 0 Å². The standard InChI is InChI=1S/C20H27NO3/c1-4-7-17(21-24-6-3)20-18(22)12-16(13-19(20)23)15-10-8-14(5-2)9-11-15/h8-11,16,21H,4-7,12-13H2,1-3H3. The van der Waals surface area contributed by atoms with Crippen molar-refractivity contribution >= 4 is 11.6 Å². The number of carbonyl (C=O) groups excluding carboxylic acids is 2. The van der Waals surface area contributed by atoms with Crippen LogP contribution in [0.5, 0.6) is 0 Å². The highest BCUT2D eigenvalue weighted by Crippen LogP contribution is 2.33. The highest BCUT2D eigenvalue weighted by molar-refractivity contribution is 6.22. The summed E-state index contributed by atoms with van der Waals surface area (Å²) >= 11 is 0. The molecule has 0 heterocycles. The predicted octanol–water partition coefficient (Wildman–Crippen LogP) is 3.86. The first-order chi connectivity index (χ1) is 11.6. The molecule has 1 fully saturated rings. The minimum atomic E-state index is -0.0773. The Bertz CT molecular complexity index is 596. The van der Waals surface area contributed by atoms with Gasteiger partial charge in [0.2, 0.25) is 0 Å². The summed E-state index contributed by atoms with van der Waals surface area (Å²) in [6, 6.07) is 8.25. The van der Waals surface area contributed by atoms with Crippen molar-refractivity contribution < 1.29 is 14.4 Å². The first-order valence-electron chi connectivity index (χ1n) is 8.86. The van der Waals surface area contributed by atoms with Crippen molar-refractivity contribution in [3.8, 4) is 0 Å². The SMILES string of the molecule is CCCC(NOCC)=C1C(=O)CC(c2ccc(CC)cc2)CC1=O. The molecule has 0 bridgehead atoms. The third-order valence-corrected chi connectivity index (χ3v) is 4.42. The van der Waals surface area contributed by atoms with Gasteiger partial charge in [-0.05, 0) is 36.8 Å². The molecule has 0 amide bonds. The minimum Gasteiger partial charge on any atom is -0.294 e. The molecule has 1 N–H and O–H groups in total. The molecule has 1 saturated carbocycles. The zero-order valence-corrected chi connectivity index (χ0v) is 14.9. The van der Waals surface area contributed by atoms with Crippen LogP contribution < -0.4 is 5.48 Å². The van der Waals surface area contributed by atoms with E-state index < -0.39 is 0 Å². The molecule has 0 saturated heterocycles. The van der Waals surface area contributed by atoms with E-state index in [1.54, 1.807) is 0 Å². The Morgan fingerprint density at radius 2 is 1.71 bits per heavy atom. The fourth-order valence-corrected chi connectivity index (χ4v) is 3.11. The van der Waals surface area contributed by atoms with Crippen molar-refractivity contribution in [1.82, 2.24) is 5.48 Å². The van der Waals surface area contributed by atoms with Gasteiger partial charge in [0.1, 0.15) is 0 Å². The zero-order valence-electron chi connectivity index (χ0n) is 14.9. The minimum absolute atomic E-state index is 0.0189. The molecule has 1 aromatic carbocycles. The van der Waals surface area contributed by atoms with Crippen LogP contribution in [0.2, 0.25) is 0 Å². The quantitative estimate of drug-likeness (QED) is 0.469. The van der Waals surface area contributed by atoms with Crippen LogP contribution in [-0.2, 0) is 20.8 Å². The molecule has 2 rings (SSSR count). The molecule has 0 aliphatic heterocycles. The van der Waals surface area contributed by atoms with Crippen molar-refractivity contribution in [2.45, 2.75) is 58.8 Å². The Balaban J connectivity index is 2.20. The van der Waals surface area contributed by atoms with Gasteiger partial charge in [0, 0.05) is 12.8 Å². The molecule has 1 aliphatic carbocycles. The van der Waals surface area contributed by atoms with Gasteiger partial charge in [-0.3, -0.25) is 19.9 Å². The second-order valence-electron chi connectivity index (χ2n) is 6.19. The van der Waals surface area contributed by atoms with E-state index in [4.69, 9.17) is 4.84 Å². The van der Waals surface area contributed by atoms with Gasteiger partial charge in [-0.2, -0.15) is 0 Å². The van der Waals surface area contributed by atoms with E-state index in [0.717, 1.165) is 18.4 Å². The van der Waals surface area contributed by atoms with Gasteiger partial charge in [0.25, 0.3) is 0 Å². The Morgan fingerprint density at radius 1 is 1.08 bits per heavy atom. The molecule has 0 atom stereocenters. The van der Waals surface area contributed by atoms with Gasteiger partial charge in [0.05, 0.1) is 17.9 Å².